The topological polar surface area (TPSA) is 20.7 Å². The Morgan fingerprint density at radius 1 is 1.14 bits per heavy atom. The highest BCUT2D eigenvalue weighted by molar-refractivity contribution is 7.71. The van der Waals surface area contributed by atoms with Gasteiger partial charge in [-0.25, -0.2) is 4.39 Å². The van der Waals surface area contributed by atoms with Crippen molar-refractivity contribution in [1.29, 1.82) is 0 Å². The number of hydrogen-bond acceptors (Lipinski definition) is 1. The Morgan fingerprint density at radius 2 is 1.86 bits per heavy atom. The summed E-state index contributed by atoms with van der Waals surface area (Å²) < 4.78 is 16.2. The SMILES string of the molecule is CC(C)c1ccc(Cn2c(=S)[nH]c3c(F)cccc32)cc1. The Labute approximate surface area is 128 Å². The minimum Gasteiger partial charge on any atom is -0.328 e. The summed E-state index contributed by atoms with van der Waals surface area (Å²) in [4.78, 5) is 2.95. The zero-order valence-electron chi connectivity index (χ0n) is 12.1. The number of para-hydroxylation sites is 1. The van der Waals surface area contributed by atoms with E-state index in [1.54, 1.807) is 6.07 Å². The van der Waals surface area contributed by atoms with Crippen LogP contribution < -0.4 is 0 Å². The van der Waals surface area contributed by atoms with Gasteiger partial charge in [-0.1, -0.05) is 44.2 Å². The lowest BCUT2D eigenvalue weighted by Gasteiger charge is -2.08. The van der Waals surface area contributed by atoms with E-state index in [9.17, 15) is 4.39 Å². The first-order chi connectivity index (χ1) is 10.1. The second-order valence-corrected chi connectivity index (χ2v) is 5.93. The standard InChI is InChI=1S/C17H17FN2S/c1-11(2)13-8-6-12(7-9-13)10-20-15-5-3-4-14(18)16(15)19-17(20)21/h3-9,11H,10H2,1-2H3,(H,19,21). The van der Waals surface area contributed by atoms with E-state index in [1.807, 2.05) is 10.6 Å². The van der Waals surface area contributed by atoms with E-state index < -0.39 is 0 Å². The van der Waals surface area contributed by atoms with Gasteiger partial charge in [-0.3, -0.25) is 0 Å². The first kappa shape index (κ1) is 14.0. The molecule has 0 saturated heterocycles. The number of halogens is 1. The van der Waals surface area contributed by atoms with Gasteiger partial charge in [0, 0.05) is 0 Å². The fourth-order valence-corrected chi connectivity index (χ4v) is 2.76. The number of aromatic nitrogens is 2. The molecule has 0 aliphatic rings. The second kappa shape index (κ2) is 5.45. The molecule has 0 atom stereocenters. The van der Waals surface area contributed by atoms with Crippen molar-refractivity contribution in [1.82, 2.24) is 9.55 Å². The summed E-state index contributed by atoms with van der Waals surface area (Å²) in [6.07, 6.45) is 0. The van der Waals surface area contributed by atoms with E-state index in [1.165, 1.54) is 11.6 Å². The Balaban J connectivity index is 2.00. The van der Waals surface area contributed by atoms with Crippen molar-refractivity contribution in [2.75, 3.05) is 0 Å². The first-order valence-electron chi connectivity index (χ1n) is 7.02. The van der Waals surface area contributed by atoms with Gasteiger partial charge < -0.3 is 9.55 Å². The highest BCUT2D eigenvalue weighted by Crippen LogP contribution is 2.20. The molecule has 0 amide bonds. The Morgan fingerprint density at radius 3 is 2.52 bits per heavy atom. The minimum atomic E-state index is -0.271. The Kier molecular flexibility index (Phi) is 3.64. The monoisotopic (exact) mass is 300 g/mol. The van der Waals surface area contributed by atoms with Crippen LogP contribution >= 0.6 is 12.2 Å². The quantitative estimate of drug-likeness (QED) is 0.674. The van der Waals surface area contributed by atoms with Crippen LogP contribution in [0.2, 0.25) is 0 Å². The summed E-state index contributed by atoms with van der Waals surface area (Å²) in [5, 5.41) is 0. The van der Waals surface area contributed by atoms with Crippen molar-refractivity contribution >= 4 is 23.3 Å². The maximum atomic E-state index is 13.8. The molecule has 0 aliphatic carbocycles. The molecule has 0 unspecified atom stereocenters. The lowest BCUT2D eigenvalue weighted by Crippen LogP contribution is -2.00. The third-order valence-corrected chi connectivity index (χ3v) is 4.07. The molecule has 0 radical (unpaired) electrons. The fraction of sp³-hybridized carbons (Fsp3) is 0.235. The molecule has 0 aliphatic heterocycles. The van der Waals surface area contributed by atoms with Gasteiger partial charge in [0.05, 0.1) is 12.1 Å². The molecule has 108 valence electrons. The highest BCUT2D eigenvalue weighted by Gasteiger charge is 2.08. The molecule has 1 N–H and O–H groups in total. The van der Waals surface area contributed by atoms with Crippen LogP contribution in [0.3, 0.4) is 0 Å². The van der Waals surface area contributed by atoms with Crippen molar-refractivity contribution in [3.8, 4) is 0 Å². The van der Waals surface area contributed by atoms with E-state index in [2.05, 4.69) is 43.1 Å². The number of benzene rings is 2. The number of H-pyrrole nitrogens is 1. The lowest BCUT2D eigenvalue weighted by molar-refractivity contribution is 0.637. The summed E-state index contributed by atoms with van der Waals surface area (Å²) in [5.41, 5.74) is 3.74. The number of nitrogens with zero attached hydrogens (tertiary/aromatic N) is 1. The van der Waals surface area contributed by atoms with Crippen molar-refractivity contribution in [2.45, 2.75) is 26.3 Å². The van der Waals surface area contributed by atoms with E-state index in [0.717, 1.165) is 11.1 Å². The van der Waals surface area contributed by atoms with Crippen molar-refractivity contribution in [2.24, 2.45) is 0 Å². The predicted octanol–water partition coefficient (Wildman–Crippen LogP) is 5.01. The molecule has 0 spiro atoms. The van der Waals surface area contributed by atoms with Gasteiger partial charge in [-0.05, 0) is 41.4 Å². The predicted molar refractivity (Wildman–Crippen MR) is 86.7 cm³/mol. The second-order valence-electron chi connectivity index (χ2n) is 5.55. The van der Waals surface area contributed by atoms with Gasteiger partial charge in [0.1, 0.15) is 11.3 Å². The largest absolute Gasteiger partial charge is 0.328 e. The van der Waals surface area contributed by atoms with Gasteiger partial charge >= 0.3 is 0 Å². The molecule has 1 aromatic heterocycles. The number of rotatable bonds is 3. The highest BCUT2D eigenvalue weighted by atomic mass is 32.1. The molecular formula is C17H17FN2S. The number of aromatic amines is 1. The van der Waals surface area contributed by atoms with Crippen LogP contribution in [-0.4, -0.2) is 9.55 Å². The van der Waals surface area contributed by atoms with Gasteiger partial charge in [0.15, 0.2) is 4.77 Å². The summed E-state index contributed by atoms with van der Waals surface area (Å²) in [6, 6.07) is 13.5. The van der Waals surface area contributed by atoms with E-state index >= 15 is 0 Å². The summed E-state index contributed by atoms with van der Waals surface area (Å²) in [6.45, 7) is 4.99. The normalized spacial score (nSPS) is 11.4. The van der Waals surface area contributed by atoms with Gasteiger partial charge in [0.25, 0.3) is 0 Å². The van der Waals surface area contributed by atoms with E-state index in [-0.39, 0.29) is 5.82 Å². The maximum Gasteiger partial charge on any atom is 0.178 e. The average molecular weight is 300 g/mol. The Hall–Kier alpha value is -1.94. The molecule has 0 saturated carbocycles. The van der Waals surface area contributed by atoms with Crippen LogP contribution in [0.1, 0.15) is 30.9 Å². The zero-order valence-corrected chi connectivity index (χ0v) is 12.9. The van der Waals surface area contributed by atoms with Crippen molar-refractivity contribution < 1.29 is 4.39 Å². The number of hydrogen-bond donors (Lipinski definition) is 1. The molecule has 21 heavy (non-hydrogen) atoms. The van der Waals surface area contributed by atoms with Crippen molar-refractivity contribution in [3.05, 3.63) is 64.2 Å². The lowest BCUT2D eigenvalue weighted by atomic mass is 10.0. The molecule has 2 aromatic carbocycles. The number of imidazole rings is 1. The Bertz CT molecular complexity index is 828. The van der Waals surface area contributed by atoms with Crippen LogP contribution in [0.15, 0.2) is 42.5 Å². The molecule has 2 nitrogen and oxygen atoms in total. The molecule has 3 aromatic rings. The van der Waals surface area contributed by atoms with Crippen LogP contribution in [0.4, 0.5) is 4.39 Å². The van der Waals surface area contributed by atoms with Gasteiger partial charge in [-0.15, -0.1) is 0 Å². The third kappa shape index (κ3) is 2.63. The molecule has 0 fully saturated rings. The first-order valence-corrected chi connectivity index (χ1v) is 7.43. The van der Waals surface area contributed by atoms with Crippen LogP contribution in [0.25, 0.3) is 11.0 Å². The van der Waals surface area contributed by atoms with E-state index in [4.69, 9.17) is 12.2 Å². The van der Waals surface area contributed by atoms with Crippen molar-refractivity contribution in [3.63, 3.8) is 0 Å². The molecule has 1 heterocycles. The minimum absolute atomic E-state index is 0.271. The molecule has 4 heteroatoms. The average Bonchev–Trinajstić information content (AvgIpc) is 2.78. The summed E-state index contributed by atoms with van der Waals surface area (Å²) in [5.74, 6) is 0.246. The van der Waals surface area contributed by atoms with Crippen LogP contribution in [0.5, 0.6) is 0 Å². The van der Waals surface area contributed by atoms with E-state index in [0.29, 0.717) is 22.8 Å². The summed E-state index contributed by atoms with van der Waals surface area (Å²) >= 11 is 5.32. The van der Waals surface area contributed by atoms with Crippen LogP contribution in [-0.2, 0) is 6.54 Å². The van der Waals surface area contributed by atoms with Gasteiger partial charge in [0.2, 0.25) is 0 Å². The number of nitrogens with one attached hydrogen (secondary N) is 1. The smallest absolute Gasteiger partial charge is 0.178 e. The molecule has 0 bridgehead atoms. The fourth-order valence-electron chi connectivity index (χ4n) is 2.49. The van der Waals surface area contributed by atoms with Gasteiger partial charge in [-0.2, -0.15) is 0 Å². The molecular weight excluding hydrogens is 283 g/mol. The molecule has 3 rings (SSSR count). The van der Waals surface area contributed by atoms with Crippen LogP contribution in [0, 0.1) is 10.6 Å². The zero-order chi connectivity index (χ0) is 15.0. The number of fused-ring (bicyclic) bond motifs is 1. The third-order valence-electron chi connectivity index (χ3n) is 3.75. The summed E-state index contributed by atoms with van der Waals surface area (Å²) in [7, 11) is 0. The maximum absolute atomic E-state index is 13.8.